The van der Waals surface area contributed by atoms with Crippen LogP contribution in [0.25, 0.3) is 0 Å². The molecule has 8 nitrogen and oxygen atoms in total. The van der Waals surface area contributed by atoms with Gasteiger partial charge in [-0.1, -0.05) is 6.07 Å². The predicted molar refractivity (Wildman–Crippen MR) is 96.7 cm³/mol. The van der Waals surface area contributed by atoms with E-state index in [1.165, 1.54) is 7.11 Å². The quantitative estimate of drug-likeness (QED) is 0.703. The minimum atomic E-state index is -0.680. The normalized spacial score (nSPS) is 10.2. The van der Waals surface area contributed by atoms with E-state index in [9.17, 15) is 14.4 Å². The zero-order valence-corrected chi connectivity index (χ0v) is 15.5. The summed E-state index contributed by atoms with van der Waals surface area (Å²) < 4.78 is 16.9. The van der Waals surface area contributed by atoms with E-state index in [1.807, 2.05) is 6.07 Å². The largest absolute Gasteiger partial charge is 0.493 e. The summed E-state index contributed by atoms with van der Waals surface area (Å²) in [5, 5.41) is 2.17. The van der Waals surface area contributed by atoms with E-state index in [0.29, 0.717) is 23.6 Å². The summed E-state index contributed by atoms with van der Waals surface area (Å²) in [5.74, 6) is -0.592. The van der Waals surface area contributed by atoms with E-state index in [-0.39, 0.29) is 6.42 Å². The lowest BCUT2D eigenvalue weighted by atomic mass is 10.1. The standard InChI is InChI=1S/C19H22N2O6/c1-21-10-4-5-14(21)19(24)20-17(22)12-27-18(23)9-7-13-6-8-15(25-2)16(11-13)26-3/h4-6,8,10-11H,7,9,12H2,1-3H3,(H,20,22,24). The molecule has 0 unspecified atom stereocenters. The van der Waals surface area contributed by atoms with Gasteiger partial charge in [-0.15, -0.1) is 0 Å². The number of ether oxygens (including phenoxy) is 3. The van der Waals surface area contributed by atoms with Crippen LogP contribution in [0, 0.1) is 0 Å². The Labute approximate surface area is 157 Å². The Balaban J connectivity index is 1.77. The number of imide groups is 1. The molecule has 0 fully saturated rings. The number of hydrogen-bond acceptors (Lipinski definition) is 6. The third-order valence-electron chi connectivity index (χ3n) is 3.86. The number of nitrogens with one attached hydrogen (secondary N) is 1. The Morgan fingerprint density at radius 1 is 1.07 bits per heavy atom. The first-order valence-electron chi connectivity index (χ1n) is 8.26. The Morgan fingerprint density at radius 3 is 2.44 bits per heavy atom. The molecule has 0 radical (unpaired) electrons. The number of nitrogens with zero attached hydrogens (tertiary/aromatic N) is 1. The summed E-state index contributed by atoms with van der Waals surface area (Å²) in [7, 11) is 4.77. The highest BCUT2D eigenvalue weighted by atomic mass is 16.5. The molecule has 0 atom stereocenters. The number of carbonyl (C=O) groups is 3. The minimum absolute atomic E-state index is 0.0918. The zero-order valence-electron chi connectivity index (χ0n) is 15.5. The summed E-state index contributed by atoms with van der Waals surface area (Å²) in [6.07, 6.45) is 2.20. The van der Waals surface area contributed by atoms with Crippen LogP contribution in [-0.4, -0.2) is 43.2 Å². The maximum Gasteiger partial charge on any atom is 0.306 e. The molecule has 0 aliphatic rings. The second-order valence-corrected chi connectivity index (χ2v) is 5.73. The number of aryl methyl sites for hydroxylation is 2. The van der Waals surface area contributed by atoms with Crippen LogP contribution < -0.4 is 14.8 Å². The van der Waals surface area contributed by atoms with Gasteiger partial charge in [-0.2, -0.15) is 0 Å². The third-order valence-corrected chi connectivity index (χ3v) is 3.86. The van der Waals surface area contributed by atoms with Gasteiger partial charge >= 0.3 is 5.97 Å². The number of benzene rings is 1. The first-order valence-corrected chi connectivity index (χ1v) is 8.26. The number of esters is 1. The molecule has 1 N–H and O–H groups in total. The van der Waals surface area contributed by atoms with Gasteiger partial charge in [-0.25, -0.2) is 0 Å². The van der Waals surface area contributed by atoms with Gasteiger partial charge in [0.15, 0.2) is 18.1 Å². The first-order chi connectivity index (χ1) is 12.9. The predicted octanol–water partition coefficient (Wildman–Crippen LogP) is 1.47. The summed E-state index contributed by atoms with van der Waals surface area (Å²) >= 11 is 0. The molecule has 2 amide bonds. The molecular weight excluding hydrogens is 352 g/mol. The van der Waals surface area contributed by atoms with Crippen molar-refractivity contribution >= 4 is 17.8 Å². The Kier molecular flexibility index (Phi) is 6.99. The van der Waals surface area contributed by atoms with Crippen molar-refractivity contribution in [3.05, 3.63) is 47.8 Å². The van der Waals surface area contributed by atoms with E-state index in [4.69, 9.17) is 14.2 Å². The van der Waals surface area contributed by atoms with Crippen molar-refractivity contribution in [3.8, 4) is 11.5 Å². The summed E-state index contributed by atoms with van der Waals surface area (Å²) in [6.45, 7) is -0.513. The lowest BCUT2D eigenvalue weighted by Gasteiger charge is -2.09. The molecule has 27 heavy (non-hydrogen) atoms. The molecule has 0 saturated carbocycles. The molecule has 1 aromatic heterocycles. The van der Waals surface area contributed by atoms with Crippen LogP contribution in [0.4, 0.5) is 0 Å². The van der Waals surface area contributed by atoms with Gasteiger partial charge in [0.2, 0.25) is 0 Å². The molecule has 0 spiro atoms. The lowest BCUT2D eigenvalue weighted by molar-refractivity contribution is -0.148. The smallest absolute Gasteiger partial charge is 0.306 e. The van der Waals surface area contributed by atoms with Crippen molar-refractivity contribution in [1.82, 2.24) is 9.88 Å². The molecule has 0 aliphatic carbocycles. The van der Waals surface area contributed by atoms with Gasteiger partial charge in [-0.3, -0.25) is 19.7 Å². The number of carbonyl (C=O) groups excluding carboxylic acids is 3. The van der Waals surface area contributed by atoms with E-state index in [2.05, 4.69) is 5.32 Å². The number of hydrogen-bond donors (Lipinski definition) is 1. The highest BCUT2D eigenvalue weighted by molar-refractivity contribution is 6.04. The lowest BCUT2D eigenvalue weighted by Crippen LogP contribution is -2.35. The van der Waals surface area contributed by atoms with E-state index in [0.717, 1.165) is 5.56 Å². The number of rotatable bonds is 8. The topological polar surface area (TPSA) is 95.9 Å². The number of amides is 2. The van der Waals surface area contributed by atoms with Gasteiger partial charge in [0.05, 0.1) is 14.2 Å². The molecule has 1 aromatic carbocycles. The second-order valence-electron chi connectivity index (χ2n) is 5.73. The average molecular weight is 374 g/mol. The molecule has 2 rings (SSSR count). The maximum atomic E-state index is 11.9. The van der Waals surface area contributed by atoms with Crippen molar-refractivity contribution in [2.45, 2.75) is 12.8 Å². The van der Waals surface area contributed by atoms with E-state index < -0.39 is 24.4 Å². The van der Waals surface area contributed by atoms with Gasteiger partial charge in [0.25, 0.3) is 11.8 Å². The van der Waals surface area contributed by atoms with Gasteiger partial charge in [-0.05, 0) is 36.2 Å². The zero-order chi connectivity index (χ0) is 19.8. The summed E-state index contributed by atoms with van der Waals surface area (Å²) in [4.78, 5) is 35.5. The second kappa shape index (κ2) is 9.42. The fourth-order valence-corrected chi connectivity index (χ4v) is 2.42. The van der Waals surface area contributed by atoms with Crippen molar-refractivity contribution in [3.63, 3.8) is 0 Å². The van der Waals surface area contributed by atoms with E-state index in [1.54, 1.807) is 49.2 Å². The van der Waals surface area contributed by atoms with Crippen LogP contribution in [0.1, 0.15) is 22.5 Å². The highest BCUT2D eigenvalue weighted by Gasteiger charge is 2.14. The van der Waals surface area contributed by atoms with Crippen molar-refractivity contribution in [2.24, 2.45) is 7.05 Å². The molecule has 1 heterocycles. The van der Waals surface area contributed by atoms with Crippen molar-refractivity contribution in [2.75, 3.05) is 20.8 Å². The average Bonchev–Trinajstić information content (AvgIpc) is 3.10. The van der Waals surface area contributed by atoms with Crippen molar-refractivity contribution in [1.29, 1.82) is 0 Å². The van der Waals surface area contributed by atoms with Gasteiger partial charge in [0.1, 0.15) is 5.69 Å². The molecular formula is C19H22N2O6. The fourth-order valence-electron chi connectivity index (χ4n) is 2.42. The molecule has 2 aromatic rings. The van der Waals surface area contributed by atoms with Crippen LogP contribution in [0.3, 0.4) is 0 Å². The van der Waals surface area contributed by atoms with Crippen LogP contribution in [0.2, 0.25) is 0 Å². The van der Waals surface area contributed by atoms with Gasteiger partial charge in [0, 0.05) is 19.7 Å². The van der Waals surface area contributed by atoms with Crippen LogP contribution >= 0.6 is 0 Å². The van der Waals surface area contributed by atoms with Crippen LogP contribution in [0.15, 0.2) is 36.5 Å². The summed E-state index contributed by atoms with van der Waals surface area (Å²) in [6, 6.07) is 8.62. The Hall–Kier alpha value is -3.29. The number of aromatic nitrogens is 1. The fraction of sp³-hybridized carbons (Fsp3) is 0.316. The first kappa shape index (κ1) is 20.0. The molecule has 8 heteroatoms. The molecule has 144 valence electrons. The molecule has 0 saturated heterocycles. The van der Waals surface area contributed by atoms with Crippen LogP contribution in [-0.2, 0) is 27.8 Å². The maximum absolute atomic E-state index is 11.9. The van der Waals surface area contributed by atoms with E-state index >= 15 is 0 Å². The van der Waals surface area contributed by atoms with Crippen LogP contribution in [0.5, 0.6) is 11.5 Å². The Bertz CT molecular complexity index is 827. The molecule has 0 aliphatic heterocycles. The number of methoxy groups -OCH3 is 2. The summed E-state index contributed by atoms with van der Waals surface area (Å²) in [5.41, 5.74) is 1.20. The monoisotopic (exact) mass is 374 g/mol. The molecule has 0 bridgehead atoms. The van der Waals surface area contributed by atoms with Crippen molar-refractivity contribution < 1.29 is 28.6 Å². The SMILES string of the molecule is COc1ccc(CCC(=O)OCC(=O)NC(=O)c2cccn2C)cc1OC. The Morgan fingerprint density at radius 2 is 1.81 bits per heavy atom. The van der Waals surface area contributed by atoms with Gasteiger partial charge < -0.3 is 18.8 Å². The highest BCUT2D eigenvalue weighted by Crippen LogP contribution is 2.27. The minimum Gasteiger partial charge on any atom is -0.493 e. The third kappa shape index (κ3) is 5.60.